The fourth-order valence-electron chi connectivity index (χ4n) is 4.09. The molecule has 0 aromatic heterocycles. The Balaban J connectivity index is 0.00000201. The van der Waals surface area contributed by atoms with Gasteiger partial charge in [0.2, 0.25) is 0 Å². The van der Waals surface area contributed by atoms with Gasteiger partial charge in [-0.15, -0.1) is 23.5 Å². The number of thioether (sulfide) groups is 2. The van der Waals surface area contributed by atoms with Gasteiger partial charge in [0.1, 0.15) is 43.5 Å². The molecule has 1 unspecified atom stereocenters. The average molecular weight is 699 g/mol. The van der Waals surface area contributed by atoms with Crippen molar-refractivity contribution in [3.05, 3.63) is 105 Å². The maximum absolute atomic E-state index is 11.9. The number of nitro groups is 2. The molecule has 0 saturated carbocycles. The van der Waals surface area contributed by atoms with E-state index in [1.165, 1.54) is 31.2 Å². The van der Waals surface area contributed by atoms with Gasteiger partial charge in [-0.2, -0.15) is 0 Å². The molecule has 2 N–H and O–H groups in total. The normalized spacial score (nSPS) is 11.8. The highest BCUT2D eigenvalue weighted by Crippen LogP contribution is 2.37. The summed E-state index contributed by atoms with van der Waals surface area (Å²) in [4.78, 5) is 24.7. The largest absolute Gasteiger partial charge is 0.490 e. The minimum atomic E-state index is -1.45. The topological polar surface area (TPSA) is 164 Å². The first-order chi connectivity index (χ1) is 23.0. The van der Waals surface area contributed by atoms with Crippen molar-refractivity contribution in [3.8, 4) is 34.1 Å². The Hall–Kier alpha value is -4.50. The molecule has 0 saturated heterocycles. The van der Waals surface area contributed by atoms with Crippen LogP contribution in [0.1, 0.15) is 13.8 Å². The van der Waals surface area contributed by atoms with Crippen molar-refractivity contribution >= 4 is 34.9 Å². The monoisotopic (exact) mass is 698 g/mol. The summed E-state index contributed by atoms with van der Waals surface area (Å²) in [5.74, 6) is 1.21. The quantitative estimate of drug-likeness (QED) is 0.0521. The average Bonchev–Trinajstić information content (AvgIpc) is 3.09. The Labute approximate surface area is 287 Å². The van der Waals surface area contributed by atoms with E-state index in [4.69, 9.17) is 24.1 Å². The van der Waals surface area contributed by atoms with Crippen LogP contribution in [0.4, 0.5) is 11.4 Å². The van der Waals surface area contributed by atoms with E-state index in [1.54, 1.807) is 54.7 Å². The van der Waals surface area contributed by atoms with E-state index in [1.807, 2.05) is 48.9 Å². The van der Waals surface area contributed by atoms with Crippen LogP contribution >= 0.6 is 23.5 Å². The molecule has 4 rings (SSSR count). The lowest BCUT2D eigenvalue weighted by molar-refractivity contribution is -0.386. The molecule has 0 bridgehead atoms. The number of rotatable bonds is 16. The zero-order valence-electron chi connectivity index (χ0n) is 27.0. The van der Waals surface area contributed by atoms with Crippen molar-refractivity contribution in [3.63, 3.8) is 0 Å². The molecule has 256 valence electrons. The van der Waals surface area contributed by atoms with Gasteiger partial charge in [-0.3, -0.25) is 20.2 Å². The summed E-state index contributed by atoms with van der Waals surface area (Å²) < 4.78 is 22.6. The van der Waals surface area contributed by atoms with E-state index in [0.717, 1.165) is 9.79 Å². The van der Waals surface area contributed by atoms with Gasteiger partial charge in [0.05, 0.1) is 9.85 Å². The van der Waals surface area contributed by atoms with Crippen LogP contribution in [0.2, 0.25) is 0 Å². The van der Waals surface area contributed by atoms with Gasteiger partial charge in [-0.05, 0) is 98.1 Å². The molecule has 0 amide bonds. The van der Waals surface area contributed by atoms with E-state index in [0.29, 0.717) is 22.6 Å². The molecular weight excluding hydrogens is 661 g/mol. The van der Waals surface area contributed by atoms with Gasteiger partial charge in [0.15, 0.2) is 11.5 Å². The Morgan fingerprint density at radius 2 is 1.06 bits per heavy atom. The molecular formula is C34H38N2O10S2. The lowest BCUT2D eigenvalue weighted by atomic mass is 10.0. The lowest BCUT2D eigenvalue weighted by Gasteiger charge is -2.23. The van der Waals surface area contributed by atoms with Crippen LogP contribution in [-0.4, -0.2) is 71.2 Å². The minimum absolute atomic E-state index is 0.0455. The number of hydrogen-bond acceptors (Lipinski definition) is 12. The number of aliphatic hydroxyl groups is 2. The summed E-state index contributed by atoms with van der Waals surface area (Å²) in [7, 11) is 0. The Morgan fingerprint density at radius 3 is 1.50 bits per heavy atom. The zero-order valence-corrected chi connectivity index (χ0v) is 28.6. The second-order valence-electron chi connectivity index (χ2n) is 10.3. The van der Waals surface area contributed by atoms with E-state index in [9.17, 15) is 25.3 Å². The molecule has 0 spiro atoms. The second-order valence-corrected chi connectivity index (χ2v) is 12.1. The van der Waals surface area contributed by atoms with Crippen LogP contribution in [0.3, 0.4) is 0 Å². The molecule has 0 fully saturated rings. The van der Waals surface area contributed by atoms with Crippen molar-refractivity contribution in [2.75, 3.05) is 45.5 Å². The molecule has 14 heteroatoms. The smallest absolute Gasteiger partial charge is 0.311 e. The van der Waals surface area contributed by atoms with Crippen LogP contribution < -0.4 is 18.9 Å². The van der Waals surface area contributed by atoms with Crippen LogP contribution in [-0.2, 0) is 0 Å². The maximum atomic E-state index is 11.9. The second kappa shape index (κ2) is 18.7. The molecule has 0 heterocycles. The summed E-state index contributed by atoms with van der Waals surface area (Å²) in [5, 5.41) is 42.1. The fraction of sp³-hybridized carbons (Fsp3) is 0.294. The van der Waals surface area contributed by atoms with Gasteiger partial charge in [0.25, 0.3) is 0 Å². The van der Waals surface area contributed by atoms with Crippen molar-refractivity contribution in [1.82, 2.24) is 0 Å². The molecule has 1 atom stereocenters. The number of ether oxygens (including phenoxy) is 4. The van der Waals surface area contributed by atoms with Crippen LogP contribution in [0.15, 0.2) is 94.7 Å². The highest BCUT2D eigenvalue weighted by Gasteiger charge is 2.26. The zero-order chi connectivity index (χ0) is 35.1. The van der Waals surface area contributed by atoms with Gasteiger partial charge in [0, 0.05) is 28.5 Å². The minimum Gasteiger partial charge on any atom is -0.490 e. The first-order valence-corrected chi connectivity index (χ1v) is 17.1. The summed E-state index contributed by atoms with van der Waals surface area (Å²) in [6.07, 6.45) is 3.94. The Bertz CT molecular complexity index is 1630. The van der Waals surface area contributed by atoms with E-state index in [-0.39, 0.29) is 55.9 Å². The number of nitrogens with zero attached hydrogens (tertiary/aromatic N) is 2. The van der Waals surface area contributed by atoms with Crippen molar-refractivity contribution in [2.24, 2.45) is 0 Å². The molecule has 4 aromatic rings. The third-order valence-corrected chi connectivity index (χ3v) is 7.95. The predicted octanol–water partition coefficient (Wildman–Crippen LogP) is 7.28. The lowest BCUT2D eigenvalue weighted by Crippen LogP contribution is -2.38. The van der Waals surface area contributed by atoms with E-state index in [2.05, 4.69) is 0 Å². The fourth-order valence-corrected chi connectivity index (χ4v) is 4.91. The summed E-state index contributed by atoms with van der Waals surface area (Å²) >= 11 is 3.21. The van der Waals surface area contributed by atoms with Gasteiger partial charge < -0.3 is 29.2 Å². The Kier molecular flexibility index (Phi) is 14.8. The third-order valence-electron chi connectivity index (χ3n) is 6.46. The Morgan fingerprint density at radius 1 is 0.667 bits per heavy atom. The third kappa shape index (κ3) is 11.6. The molecule has 4 aromatic carbocycles. The van der Waals surface area contributed by atoms with Gasteiger partial charge in [-0.25, -0.2) is 0 Å². The highest BCUT2D eigenvalue weighted by atomic mass is 32.2. The first-order valence-electron chi connectivity index (χ1n) is 14.7. The molecule has 0 aliphatic rings. The number of benzene rings is 4. The SMILES string of the molecule is CCO.CSc1ccc(OCCOc2ccc(-c3ccc(OCC(C)(O)COc4ccc(SC)cc4)c([N+](=O)[O-])c3)cc2[N+](=O)[O-])cc1. The first kappa shape index (κ1) is 38.0. The van der Waals surface area contributed by atoms with Crippen LogP contribution in [0.25, 0.3) is 11.1 Å². The van der Waals surface area contributed by atoms with Crippen molar-refractivity contribution in [2.45, 2.75) is 29.2 Å². The summed E-state index contributed by atoms with van der Waals surface area (Å²) in [6, 6.07) is 23.4. The maximum Gasteiger partial charge on any atom is 0.311 e. The van der Waals surface area contributed by atoms with Crippen molar-refractivity contribution < 1.29 is 39.0 Å². The summed E-state index contributed by atoms with van der Waals surface area (Å²) in [6.45, 7) is 3.30. The van der Waals surface area contributed by atoms with E-state index < -0.39 is 15.4 Å². The predicted molar refractivity (Wildman–Crippen MR) is 187 cm³/mol. The standard InChI is InChI=1S/C32H32N2O9S2.C2H6O/c1-32(35,20-42-25-8-12-27(45-3)13-9-25)21-43-31-15-5-23(19-29(31)34(38)39)22-4-14-30(28(18-22)33(36)37)41-17-16-40-24-6-10-26(44-2)11-7-24;1-2-3/h4-15,18-19,35H,16-17,20-21H2,1-3H3;3H,2H2,1H3. The number of hydrogen-bond donors (Lipinski definition) is 2. The molecule has 48 heavy (non-hydrogen) atoms. The molecule has 12 nitrogen and oxygen atoms in total. The number of aliphatic hydroxyl groups excluding tert-OH is 1. The number of nitro benzene ring substituents is 2. The molecule has 0 aliphatic carbocycles. The van der Waals surface area contributed by atoms with Gasteiger partial charge >= 0.3 is 11.4 Å². The molecule has 0 radical (unpaired) electrons. The highest BCUT2D eigenvalue weighted by molar-refractivity contribution is 7.98. The van der Waals surface area contributed by atoms with E-state index >= 15 is 0 Å². The van der Waals surface area contributed by atoms with Crippen molar-refractivity contribution in [1.29, 1.82) is 0 Å². The summed E-state index contributed by atoms with van der Waals surface area (Å²) in [5.41, 5.74) is -1.36. The van der Waals surface area contributed by atoms with Gasteiger partial charge in [-0.1, -0.05) is 12.1 Å². The van der Waals surface area contributed by atoms with Crippen LogP contribution in [0.5, 0.6) is 23.0 Å². The molecule has 0 aliphatic heterocycles. The van der Waals surface area contributed by atoms with Crippen LogP contribution in [0, 0.1) is 20.2 Å².